The third-order valence-electron chi connectivity index (χ3n) is 1.90. The number of aromatic nitrogens is 2. The van der Waals surface area contributed by atoms with Gasteiger partial charge in [-0.15, -0.1) is 6.42 Å². The fraction of sp³-hybridized carbons (Fsp3) is 0.333. The van der Waals surface area contributed by atoms with E-state index in [9.17, 15) is 13.2 Å². The molecule has 0 radical (unpaired) electrons. The van der Waals surface area contributed by atoms with E-state index >= 15 is 0 Å². The smallest absolute Gasteiger partial charge is 0.318 e. The molecule has 0 saturated heterocycles. The van der Waals surface area contributed by atoms with Crippen molar-refractivity contribution in [1.82, 2.24) is 14.1 Å². The van der Waals surface area contributed by atoms with E-state index in [0.717, 1.165) is 6.20 Å². The van der Waals surface area contributed by atoms with Crippen molar-refractivity contribution >= 4 is 16.0 Å². The summed E-state index contributed by atoms with van der Waals surface area (Å²) in [6.45, 7) is -0.981. The molecule has 0 aromatic carbocycles. The molecule has 0 unspecified atom stereocenters. The van der Waals surface area contributed by atoms with E-state index in [1.54, 1.807) is 7.05 Å². The molecule has 0 bridgehead atoms. The Bertz CT molecular complexity index is 555. The van der Waals surface area contributed by atoms with E-state index in [4.69, 9.17) is 11.5 Å². The Balaban J connectivity index is 3.09. The van der Waals surface area contributed by atoms with Crippen LogP contribution in [-0.2, 0) is 21.9 Å². The van der Waals surface area contributed by atoms with Gasteiger partial charge in [0, 0.05) is 13.2 Å². The predicted octanol–water partition coefficient (Wildman–Crippen LogP) is -0.871. The number of carboxylic acid groups (broad SMARTS) is 1. The van der Waals surface area contributed by atoms with Crippen molar-refractivity contribution in [2.24, 2.45) is 7.05 Å². The number of carbonyl (C=O) groups is 1. The van der Waals surface area contributed by atoms with E-state index in [0.29, 0.717) is 4.31 Å². The van der Waals surface area contributed by atoms with Gasteiger partial charge in [0.2, 0.25) is 10.0 Å². The zero-order valence-corrected chi connectivity index (χ0v) is 9.88. The quantitative estimate of drug-likeness (QED) is 0.692. The molecular formula is C9H11N3O4S. The summed E-state index contributed by atoms with van der Waals surface area (Å²) in [6, 6.07) is 0. The first-order valence-corrected chi connectivity index (χ1v) is 5.96. The zero-order valence-electron chi connectivity index (χ0n) is 9.07. The number of aliphatic carboxylic acids is 1. The van der Waals surface area contributed by atoms with Crippen molar-refractivity contribution in [1.29, 1.82) is 0 Å². The lowest BCUT2D eigenvalue weighted by molar-refractivity contribution is -0.137. The van der Waals surface area contributed by atoms with Gasteiger partial charge in [0.15, 0.2) is 0 Å². The van der Waals surface area contributed by atoms with Crippen molar-refractivity contribution < 1.29 is 18.3 Å². The molecule has 7 nitrogen and oxygen atoms in total. The number of aryl methyl sites for hydroxylation is 1. The molecule has 0 aliphatic carbocycles. The lowest BCUT2D eigenvalue weighted by Crippen LogP contribution is -2.35. The monoisotopic (exact) mass is 257 g/mol. The van der Waals surface area contributed by atoms with Gasteiger partial charge in [0.25, 0.3) is 0 Å². The summed E-state index contributed by atoms with van der Waals surface area (Å²) in [4.78, 5) is 10.5. The Morgan fingerprint density at radius 2 is 2.35 bits per heavy atom. The normalized spacial score (nSPS) is 11.4. The highest BCUT2D eigenvalue weighted by atomic mass is 32.2. The average molecular weight is 257 g/mol. The summed E-state index contributed by atoms with van der Waals surface area (Å²) >= 11 is 0. The lowest BCUT2D eigenvalue weighted by Gasteiger charge is -2.16. The van der Waals surface area contributed by atoms with Crippen LogP contribution in [0.25, 0.3) is 0 Å². The summed E-state index contributed by atoms with van der Waals surface area (Å²) in [5, 5.41) is 12.3. The molecular weight excluding hydrogens is 246 g/mol. The number of sulfonamides is 1. The Hall–Kier alpha value is -1.85. The minimum atomic E-state index is -3.91. The maximum atomic E-state index is 12.0. The van der Waals surface area contributed by atoms with Gasteiger partial charge in [-0.05, 0) is 0 Å². The molecule has 1 heterocycles. The molecule has 0 amide bonds. The third-order valence-corrected chi connectivity index (χ3v) is 3.64. The van der Waals surface area contributed by atoms with Crippen LogP contribution in [0.5, 0.6) is 0 Å². The van der Waals surface area contributed by atoms with E-state index in [-0.39, 0.29) is 11.4 Å². The number of hydrogen-bond donors (Lipinski definition) is 1. The van der Waals surface area contributed by atoms with Crippen LogP contribution < -0.4 is 0 Å². The fourth-order valence-electron chi connectivity index (χ4n) is 1.16. The van der Waals surface area contributed by atoms with Crippen LogP contribution in [-0.4, -0.2) is 46.7 Å². The van der Waals surface area contributed by atoms with Crippen LogP contribution >= 0.6 is 0 Å². The molecule has 0 saturated carbocycles. The van der Waals surface area contributed by atoms with Crippen LogP contribution in [0, 0.1) is 12.3 Å². The van der Waals surface area contributed by atoms with E-state index in [1.807, 2.05) is 0 Å². The summed E-state index contributed by atoms with van der Waals surface area (Å²) in [6.07, 6.45) is 7.43. The van der Waals surface area contributed by atoms with Gasteiger partial charge >= 0.3 is 5.97 Å². The van der Waals surface area contributed by atoms with E-state index in [2.05, 4.69) is 11.0 Å². The summed E-state index contributed by atoms with van der Waals surface area (Å²) in [5.74, 6) is 0.841. The van der Waals surface area contributed by atoms with Crippen LogP contribution in [0.2, 0.25) is 0 Å². The maximum absolute atomic E-state index is 12.0. The predicted molar refractivity (Wildman–Crippen MR) is 58.4 cm³/mol. The van der Waals surface area contributed by atoms with Crippen LogP contribution in [0.1, 0.15) is 0 Å². The second-order valence-corrected chi connectivity index (χ2v) is 5.16. The molecule has 8 heteroatoms. The largest absolute Gasteiger partial charge is 0.480 e. The van der Waals surface area contributed by atoms with Gasteiger partial charge < -0.3 is 5.11 Å². The summed E-state index contributed by atoms with van der Waals surface area (Å²) < 4.78 is 26.0. The van der Waals surface area contributed by atoms with Crippen molar-refractivity contribution in [3.05, 3.63) is 12.4 Å². The SMILES string of the molecule is C#CCN(CC(=O)O)S(=O)(=O)c1cnn(C)c1. The number of carboxylic acids is 1. The number of hydrogen-bond acceptors (Lipinski definition) is 4. The first-order chi connectivity index (χ1) is 7.87. The summed E-state index contributed by atoms with van der Waals surface area (Å²) in [5.41, 5.74) is 0. The van der Waals surface area contributed by atoms with Crippen molar-refractivity contribution in [3.8, 4) is 12.3 Å². The van der Waals surface area contributed by atoms with E-state index in [1.165, 1.54) is 10.9 Å². The Kier molecular flexibility index (Phi) is 3.88. The van der Waals surface area contributed by atoms with Gasteiger partial charge in [-0.2, -0.15) is 9.40 Å². The average Bonchev–Trinajstić information content (AvgIpc) is 2.64. The number of rotatable bonds is 5. The standard InChI is InChI=1S/C9H11N3O4S/c1-3-4-12(7-9(13)14)17(15,16)8-5-10-11(2)6-8/h1,5-6H,4,7H2,2H3,(H,13,14). The molecule has 92 valence electrons. The van der Waals surface area contributed by atoms with Gasteiger partial charge in [-0.3, -0.25) is 9.48 Å². The highest BCUT2D eigenvalue weighted by Crippen LogP contribution is 2.13. The molecule has 0 aliphatic rings. The molecule has 1 aromatic rings. The first-order valence-electron chi connectivity index (χ1n) is 4.52. The van der Waals surface area contributed by atoms with Crippen molar-refractivity contribution in [2.75, 3.05) is 13.1 Å². The topological polar surface area (TPSA) is 92.5 Å². The highest BCUT2D eigenvalue weighted by molar-refractivity contribution is 7.89. The lowest BCUT2D eigenvalue weighted by atomic mass is 10.6. The molecule has 1 N–H and O–H groups in total. The van der Waals surface area contributed by atoms with Gasteiger partial charge in [-0.25, -0.2) is 8.42 Å². The molecule has 0 spiro atoms. The molecule has 1 aromatic heterocycles. The molecule has 0 aliphatic heterocycles. The number of terminal acetylenes is 1. The van der Waals surface area contributed by atoms with Gasteiger partial charge in [0.05, 0.1) is 12.7 Å². The zero-order chi connectivity index (χ0) is 13.1. The Morgan fingerprint density at radius 3 is 2.76 bits per heavy atom. The molecule has 0 fully saturated rings. The second kappa shape index (κ2) is 4.99. The molecule has 0 atom stereocenters. The second-order valence-electron chi connectivity index (χ2n) is 3.22. The van der Waals surface area contributed by atoms with Gasteiger partial charge in [0.1, 0.15) is 11.4 Å². The Morgan fingerprint density at radius 1 is 1.71 bits per heavy atom. The third kappa shape index (κ3) is 3.05. The van der Waals surface area contributed by atoms with Crippen LogP contribution in [0.4, 0.5) is 0 Å². The molecule has 17 heavy (non-hydrogen) atoms. The van der Waals surface area contributed by atoms with Crippen LogP contribution in [0.15, 0.2) is 17.3 Å². The minimum absolute atomic E-state index is 0.0866. The first kappa shape index (κ1) is 13.2. The minimum Gasteiger partial charge on any atom is -0.480 e. The van der Waals surface area contributed by atoms with E-state index < -0.39 is 22.5 Å². The summed E-state index contributed by atoms with van der Waals surface area (Å²) in [7, 11) is -2.35. The fourth-order valence-corrected chi connectivity index (χ4v) is 2.45. The number of nitrogens with zero attached hydrogens (tertiary/aromatic N) is 3. The Labute approximate surface area is 98.7 Å². The van der Waals surface area contributed by atoms with Crippen LogP contribution in [0.3, 0.4) is 0 Å². The van der Waals surface area contributed by atoms with Crippen molar-refractivity contribution in [3.63, 3.8) is 0 Å². The van der Waals surface area contributed by atoms with Crippen molar-refractivity contribution in [2.45, 2.75) is 4.90 Å². The van der Waals surface area contributed by atoms with Gasteiger partial charge in [-0.1, -0.05) is 5.92 Å². The highest BCUT2D eigenvalue weighted by Gasteiger charge is 2.26. The molecule has 1 rings (SSSR count). The maximum Gasteiger partial charge on any atom is 0.318 e.